The second-order valence-corrected chi connectivity index (χ2v) is 8.07. The molecule has 0 saturated carbocycles. The smallest absolute Gasteiger partial charge is 0.258 e. The third-order valence-corrected chi connectivity index (χ3v) is 6.02. The van der Waals surface area contributed by atoms with E-state index in [2.05, 4.69) is 38.6 Å². The van der Waals surface area contributed by atoms with Crippen LogP contribution in [0.3, 0.4) is 0 Å². The molecule has 2 heterocycles. The van der Waals surface area contributed by atoms with Crippen molar-refractivity contribution in [2.45, 2.75) is 27.0 Å². The van der Waals surface area contributed by atoms with Gasteiger partial charge in [0.1, 0.15) is 12.4 Å². The lowest BCUT2D eigenvalue weighted by molar-refractivity contribution is 0.102. The molecule has 4 aromatic rings. The number of imidazole rings is 1. The Bertz CT molecular complexity index is 1170. The number of amides is 1. The maximum atomic E-state index is 13.0. The molecule has 0 spiro atoms. The van der Waals surface area contributed by atoms with Gasteiger partial charge >= 0.3 is 0 Å². The fourth-order valence-electron chi connectivity index (χ4n) is 3.55. The lowest BCUT2D eigenvalue weighted by Gasteiger charge is -2.19. The van der Waals surface area contributed by atoms with Crippen molar-refractivity contribution >= 4 is 34.2 Å². The Morgan fingerprint density at radius 3 is 2.78 bits per heavy atom. The Hall–Kier alpha value is -3.23. The number of nitrogens with one attached hydrogen (secondary N) is 1. The molecule has 0 aliphatic rings. The SMILES string of the molecule is CCN(CC)CCn1c(NC(=O)c2cccc(OCc3cscn3)c2)nc2ccccc21. The predicted octanol–water partition coefficient (Wildman–Crippen LogP) is 4.67. The van der Waals surface area contributed by atoms with Crippen molar-refractivity contribution < 1.29 is 9.53 Å². The summed E-state index contributed by atoms with van der Waals surface area (Å²) in [5.74, 6) is 0.960. The van der Waals surface area contributed by atoms with E-state index >= 15 is 0 Å². The molecule has 0 bridgehead atoms. The number of ether oxygens (including phenoxy) is 1. The van der Waals surface area contributed by atoms with Crippen LogP contribution >= 0.6 is 11.3 Å². The molecule has 1 N–H and O–H groups in total. The Balaban J connectivity index is 1.52. The third-order valence-electron chi connectivity index (χ3n) is 5.38. The highest BCUT2D eigenvalue weighted by Crippen LogP contribution is 2.21. The molecule has 0 saturated heterocycles. The van der Waals surface area contributed by atoms with Gasteiger partial charge in [-0.25, -0.2) is 9.97 Å². The van der Waals surface area contributed by atoms with Gasteiger partial charge in [0.2, 0.25) is 5.95 Å². The van der Waals surface area contributed by atoms with Crippen molar-refractivity contribution in [2.24, 2.45) is 0 Å². The van der Waals surface area contributed by atoms with Crippen molar-refractivity contribution in [3.8, 4) is 5.75 Å². The number of anilines is 1. The number of hydrogen-bond acceptors (Lipinski definition) is 6. The average molecular weight is 450 g/mol. The molecular formula is C24H27N5O2S. The molecule has 0 aliphatic carbocycles. The van der Waals surface area contributed by atoms with Gasteiger partial charge in [-0.1, -0.05) is 32.0 Å². The summed E-state index contributed by atoms with van der Waals surface area (Å²) in [5.41, 5.74) is 5.03. The number of benzene rings is 2. The van der Waals surface area contributed by atoms with E-state index in [9.17, 15) is 4.79 Å². The second kappa shape index (κ2) is 10.4. The molecule has 4 rings (SSSR count). The highest BCUT2D eigenvalue weighted by molar-refractivity contribution is 7.07. The largest absolute Gasteiger partial charge is 0.487 e. The molecule has 2 aromatic carbocycles. The summed E-state index contributed by atoms with van der Waals surface area (Å²) in [6, 6.07) is 15.1. The first-order valence-electron chi connectivity index (χ1n) is 10.8. The Kier molecular flexibility index (Phi) is 7.14. The first kappa shape index (κ1) is 22.0. The molecule has 0 fully saturated rings. The van der Waals surface area contributed by atoms with E-state index in [1.807, 2.05) is 41.8 Å². The maximum Gasteiger partial charge on any atom is 0.258 e. The van der Waals surface area contributed by atoms with Crippen LogP contribution in [-0.2, 0) is 13.2 Å². The molecule has 0 unspecified atom stereocenters. The van der Waals surface area contributed by atoms with E-state index in [-0.39, 0.29) is 5.91 Å². The van der Waals surface area contributed by atoms with Gasteiger partial charge in [0.15, 0.2) is 0 Å². The van der Waals surface area contributed by atoms with Gasteiger partial charge in [-0.05, 0) is 43.4 Å². The first-order valence-corrected chi connectivity index (χ1v) is 11.7. The van der Waals surface area contributed by atoms with Crippen molar-refractivity contribution in [1.82, 2.24) is 19.4 Å². The van der Waals surface area contributed by atoms with E-state index in [4.69, 9.17) is 4.74 Å². The molecular weight excluding hydrogens is 422 g/mol. The number of nitrogens with zero attached hydrogens (tertiary/aromatic N) is 4. The minimum atomic E-state index is -0.219. The molecule has 166 valence electrons. The summed E-state index contributed by atoms with van der Waals surface area (Å²) in [4.78, 5) is 24.3. The normalized spacial score (nSPS) is 11.2. The number of fused-ring (bicyclic) bond motifs is 1. The van der Waals surface area contributed by atoms with Crippen LogP contribution in [0.1, 0.15) is 29.9 Å². The van der Waals surface area contributed by atoms with Crippen LogP contribution < -0.4 is 10.1 Å². The van der Waals surface area contributed by atoms with Crippen molar-refractivity contribution in [1.29, 1.82) is 0 Å². The van der Waals surface area contributed by atoms with Crippen LogP contribution in [0.25, 0.3) is 11.0 Å². The Labute approximate surface area is 191 Å². The molecule has 32 heavy (non-hydrogen) atoms. The lowest BCUT2D eigenvalue weighted by atomic mass is 10.2. The van der Waals surface area contributed by atoms with E-state index in [0.29, 0.717) is 23.9 Å². The van der Waals surface area contributed by atoms with E-state index in [1.165, 1.54) is 11.3 Å². The molecule has 0 aliphatic heterocycles. The predicted molar refractivity (Wildman–Crippen MR) is 128 cm³/mol. The highest BCUT2D eigenvalue weighted by Gasteiger charge is 2.15. The summed E-state index contributed by atoms with van der Waals surface area (Å²) in [6.45, 7) is 8.28. The number of thiazole rings is 1. The zero-order valence-corrected chi connectivity index (χ0v) is 19.1. The monoisotopic (exact) mass is 449 g/mol. The topological polar surface area (TPSA) is 72.3 Å². The van der Waals surface area contributed by atoms with Crippen LogP contribution in [-0.4, -0.2) is 45.0 Å². The molecule has 0 radical (unpaired) electrons. The average Bonchev–Trinajstić information content (AvgIpc) is 3.46. The van der Waals surface area contributed by atoms with Gasteiger partial charge in [-0.15, -0.1) is 11.3 Å². The number of hydrogen-bond donors (Lipinski definition) is 1. The summed E-state index contributed by atoms with van der Waals surface area (Å²) < 4.78 is 7.87. The summed E-state index contributed by atoms with van der Waals surface area (Å²) in [7, 11) is 0. The lowest BCUT2D eigenvalue weighted by Crippen LogP contribution is -2.27. The Morgan fingerprint density at radius 2 is 2.00 bits per heavy atom. The zero-order valence-electron chi connectivity index (χ0n) is 18.3. The number of rotatable bonds is 10. The number of likely N-dealkylation sites (N-methyl/N-ethyl adjacent to an activating group) is 1. The highest BCUT2D eigenvalue weighted by atomic mass is 32.1. The van der Waals surface area contributed by atoms with Gasteiger partial charge in [0, 0.05) is 24.0 Å². The van der Waals surface area contributed by atoms with Crippen LogP contribution in [0.2, 0.25) is 0 Å². The fraction of sp³-hybridized carbons (Fsp3) is 0.292. The van der Waals surface area contributed by atoms with Crippen LogP contribution in [0.5, 0.6) is 5.75 Å². The Morgan fingerprint density at radius 1 is 1.16 bits per heavy atom. The quantitative estimate of drug-likeness (QED) is 0.381. The van der Waals surface area contributed by atoms with E-state index in [1.54, 1.807) is 17.6 Å². The number of para-hydroxylation sites is 2. The zero-order chi connectivity index (χ0) is 22.3. The molecule has 8 heteroatoms. The first-order chi connectivity index (χ1) is 15.7. The number of carbonyl (C=O) groups excluding carboxylic acids is 1. The maximum absolute atomic E-state index is 13.0. The summed E-state index contributed by atoms with van der Waals surface area (Å²) in [5, 5.41) is 4.94. The standard InChI is InChI=1S/C24H27N5O2S/c1-3-28(4-2)12-13-29-22-11-6-5-10-21(22)26-24(29)27-23(30)18-8-7-9-20(14-18)31-15-19-16-32-17-25-19/h5-11,14,16-17H,3-4,12-13,15H2,1-2H3,(H,26,27,30). The van der Waals surface area contributed by atoms with Crippen LogP contribution in [0.15, 0.2) is 59.4 Å². The number of aromatic nitrogens is 3. The molecule has 7 nitrogen and oxygen atoms in total. The van der Waals surface area contributed by atoms with Crippen molar-refractivity contribution in [3.05, 3.63) is 70.7 Å². The van der Waals surface area contributed by atoms with E-state index in [0.717, 1.165) is 42.9 Å². The van der Waals surface area contributed by atoms with Crippen LogP contribution in [0.4, 0.5) is 5.95 Å². The minimum absolute atomic E-state index is 0.219. The molecule has 0 atom stereocenters. The summed E-state index contributed by atoms with van der Waals surface area (Å²) >= 11 is 1.53. The number of carbonyl (C=O) groups is 1. The molecule has 2 aromatic heterocycles. The van der Waals surface area contributed by atoms with Gasteiger partial charge < -0.3 is 14.2 Å². The van der Waals surface area contributed by atoms with Crippen LogP contribution in [0, 0.1) is 0 Å². The van der Waals surface area contributed by atoms with E-state index < -0.39 is 0 Å². The third kappa shape index (κ3) is 5.15. The second-order valence-electron chi connectivity index (χ2n) is 7.35. The molecule has 1 amide bonds. The van der Waals surface area contributed by atoms with Gasteiger partial charge in [0.05, 0.1) is 22.2 Å². The van der Waals surface area contributed by atoms with Gasteiger partial charge in [0.25, 0.3) is 5.91 Å². The van der Waals surface area contributed by atoms with Crippen molar-refractivity contribution in [3.63, 3.8) is 0 Å². The minimum Gasteiger partial charge on any atom is -0.487 e. The fourth-order valence-corrected chi connectivity index (χ4v) is 4.09. The summed E-state index contributed by atoms with van der Waals surface area (Å²) in [6.07, 6.45) is 0. The van der Waals surface area contributed by atoms with Gasteiger partial charge in [-0.2, -0.15) is 0 Å². The van der Waals surface area contributed by atoms with Gasteiger partial charge in [-0.3, -0.25) is 10.1 Å². The van der Waals surface area contributed by atoms with Crippen molar-refractivity contribution in [2.75, 3.05) is 25.0 Å².